The van der Waals surface area contributed by atoms with Crippen LogP contribution in [-0.2, 0) is 28.2 Å². The molecule has 13 nitrogen and oxygen atoms in total. The van der Waals surface area contributed by atoms with E-state index in [0.717, 1.165) is 85.5 Å². The van der Waals surface area contributed by atoms with Gasteiger partial charge in [-0.25, -0.2) is 9.97 Å². The van der Waals surface area contributed by atoms with Gasteiger partial charge in [0.25, 0.3) is 11.8 Å². The normalized spacial score (nSPS) is 21.1. The van der Waals surface area contributed by atoms with Crippen LogP contribution in [0.2, 0.25) is 0 Å². The lowest BCUT2D eigenvalue weighted by Crippen LogP contribution is -2.64. The molecule has 4 aliphatic heterocycles. The van der Waals surface area contributed by atoms with Crippen molar-refractivity contribution in [3.05, 3.63) is 113 Å². The van der Waals surface area contributed by atoms with Gasteiger partial charge in [-0.15, -0.1) is 0 Å². The summed E-state index contributed by atoms with van der Waals surface area (Å²) in [5.41, 5.74) is 4.70. The van der Waals surface area contributed by atoms with Crippen molar-refractivity contribution in [1.82, 2.24) is 25.1 Å². The Labute approximate surface area is 337 Å². The van der Waals surface area contributed by atoms with Crippen LogP contribution in [0.15, 0.2) is 79.0 Å². The lowest BCUT2D eigenvalue weighted by molar-refractivity contribution is -0.136. The number of carbonyl (C=O) groups excluding carboxylic acids is 4. The summed E-state index contributed by atoms with van der Waals surface area (Å²) in [6, 6.07) is 22.8. The van der Waals surface area contributed by atoms with E-state index in [0.29, 0.717) is 24.3 Å². The molecule has 1 aliphatic carbocycles. The van der Waals surface area contributed by atoms with Gasteiger partial charge in [0.2, 0.25) is 17.8 Å². The van der Waals surface area contributed by atoms with Crippen LogP contribution in [0, 0.1) is 5.41 Å². The van der Waals surface area contributed by atoms with Gasteiger partial charge in [0, 0.05) is 56.2 Å². The van der Waals surface area contributed by atoms with Crippen LogP contribution in [0.5, 0.6) is 11.5 Å². The highest BCUT2D eigenvalue weighted by Crippen LogP contribution is 2.49. The molecule has 1 spiro atoms. The highest BCUT2D eigenvalue weighted by molar-refractivity contribution is 6.23. The number of aliphatic hydroxyl groups is 1. The molecule has 1 aromatic heterocycles. The van der Waals surface area contributed by atoms with E-state index in [9.17, 15) is 24.3 Å². The number of nitrogens with zero attached hydrogens (tertiary/aromatic N) is 5. The predicted octanol–water partition coefficient (Wildman–Crippen LogP) is 4.79. The average Bonchev–Trinajstić information content (AvgIpc) is 3.44. The van der Waals surface area contributed by atoms with Crippen molar-refractivity contribution in [2.24, 2.45) is 5.41 Å². The van der Waals surface area contributed by atoms with Crippen LogP contribution in [0.1, 0.15) is 95.5 Å². The maximum Gasteiger partial charge on any atom is 0.262 e. The zero-order valence-corrected chi connectivity index (χ0v) is 32.9. The van der Waals surface area contributed by atoms with E-state index in [1.807, 2.05) is 36.4 Å². The summed E-state index contributed by atoms with van der Waals surface area (Å²) in [5, 5.41) is 11.9. The third-order valence-electron chi connectivity index (χ3n) is 12.7. The summed E-state index contributed by atoms with van der Waals surface area (Å²) in [5.74, 6) is 0.356. The first-order chi connectivity index (χ1) is 27.9. The van der Waals surface area contributed by atoms with E-state index in [2.05, 4.69) is 58.2 Å². The van der Waals surface area contributed by atoms with Gasteiger partial charge in [0.15, 0.2) is 0 Å². The molecular formula is C45H48N6O7. The molecule has 0 radical (unpaired) electrons. The summed E-state index contributed by atoms with van der Waals surface area (Å²) in [7, 11) is 0. The maximum absolute atomic E-state index is 13.3. The quantitative estimate of drug-likeness (QED) is 0.202. The van der Waals surface area contributed by atoms with Crippen molar-refractivity contribution < 1.29 is 33.8 Å². The minimum atomic E-state index is -0.973. The van der Waals surface area contributed by atoms with Crippen LogP contribution in [0.25, 0.3) is 0 Å². The lowest BCUT2D eigenvalue weighted by atomic mass is 9.62. The Hall–Kier alpha value is -5.66. The van der Waals surface area contributed by atoms with E-state index in [4.69, 9.17) is 14.5 Å². The molecule has 300 valence electrons. The molecule has 4 amide bonds. The first-order valence-electron chi connectivity index (χ1n) is 20.3. The number of anilines is 1. The monoisotopic (exact) mass is 784 g/mol. The molecule has 5 heterocycles. The summed E-state index contributed by atoms with van der Waals surface area (Å²) in [4.78, 5) is 65.0. The standard InChI is InChI=1S/C45H48N6O7/c1-44(2,29-4-8-33(9-5-29)57-25-31-15-18-46-43(47-31)50-26-45(27-50)22-32(52)23-45)30-6-10-34(11-7-30)58-35-16-19-49(20-17-35)24-28-3-12-36-37(21-28)42(56)51(41(36)55)38-13-14-39(53)48-40(38)54/h3-12,15,18,21,32,35,38,52H,13-14,16-17,19-20,22-27H2,1-2H3,(H,48,53,54). The van der Waals surface area contributed by atoms with Crippen molar-refractivity contribution in [3.8, 4) is 11.5 Å². The van der Waals surface area contributed by atoms with Crippen LogP contribution < -0.4 is 19.7 Å². The van der Waals surface area contributed by atoms with Crippen LogP contribution >= 0.6 is 0 Å². The minimum Gasteiger partial charge on any atom is -0.490 e. The number of hydrogen-bond acceptors (Lipinski definition) is 11. The second-order valence-corrected chi connectivity index (χ2v) is 17.1. The number of piperidine rings is 2. The Kier molecular flexibility index (Phi) is 9.76. The molecular weight excluding hydrogens is 737 g/mol. The van der Waals surface area contributed by atoms with Crippen molar-refractivity contribution >= 4 is 29.6 Å². The second kappa shape index (κ2) is 14.9. The number of aromatic nitrogens is 2. The molecule has 0 bridgehead atoms. The number of rotatable bonds is 11. The van der Waals surface area contributed by atoms with Gasteiger partial charge in [0.05, 0.1) is 22.9 Å². The first kappa shape index (κ1) is 37.9. The second-order valence-electron chi connectivity index (χ2n) is 17.1. The molecule has 3 saturated heterocycles. The van der Waals surface area contributed by atoms with Crippen molar-refractivity contribution in [3.63, 3.8) is 0 Å². The number of likely N-dealkylation sites (tertiary alicyclic amines) is 1. The molecule has 2 N–H and O–H groups in total. The van der Waals surface area contributed by atoms with Gasteiger partial charge < -0.3 is 19.5 Å². The van der Waals surface area contributed by atoms with Crippen molar-refractivity contribution in [2.75, 3.05) is 31.1 Å². The smallest absolute Gasteiger partial charge is 0.262 e. The fourth-order valence-corrected chi connectivity index (χ4v) is 9.21. The van der Waals surface area contributed by atoms with Crippen LogP contribution in [0.4, 0.5) is 5.95 Å². The Balaban J connectivity index is 0.740. The van der Waals surface area contributed by atoms with Gasteiger partial charge in [-0.2, -0.15) is 0 Å². The topological polar surface area (TPSA) is 154 Å². The summed E-state index contributed by atoms with van der Waals surface area (Å²) in [6.07, 6.45) is 5.40. The molecule has 3 aromatic carbocycles. The average molecular weight is 785 g/mol. The fraction of sp³-hybridized carbons (Fsp3) is 0.422. The fourth-order valence-electron chi connectivity index (χ4n) is 9.21. The number of ether oxygens (including phenoxy) is 2. The third-order valence-corrected chi connectivity index (χ3v) is 12.7. The Morgan fingerprint density at radius 2 is 1.52 bits per heavy atom. The molecule has 1 atom stereocenters. The van der Waals surface area contributed by atoms with Gasteiger partial charge >= 0.3 is 0 Å². The molecule has 5 aliphatic rings. The van der Waals surface area contributed by atoms with Gasteiger partial charge in [0.1, 0.15) is 30.3 Å². The largest absolute Gasteiger partial charge is 0.490 e. The van der Waals surface area contributed by atoms with E-state index in [-0.39, 0.29) is 35.9 Å². The number of carbonyl (C=O) groups is 4. The Morgan fingerprint density at radius 3 is 2.19 bits per heavy atom. The predicted molar refractivity (Wildman–Crippen MR) is 213 cm³/mol. The number of nitrogens with one attached hydrogen (secondary N) is 1. The van der Waals surface area contributed by atoms with Crippen LogP contribution in [-0.4, -0.2) is 92.9 Å². The summed E-state index contributed by atoms with van der Waals surface area (Å²) >= 11 is 0. The zero-order chi connectivity index (χ0) is 40.2. The van der Waals surface area contributed by atoms with Gasteiger partial charge in [-0.1, -0.05) is 44.2 Å². The highest BCUT2D eigenvalue weighted by Gasteiger charge is 2.52. The van der Waals surface area contributed by atoms with E-state index < -0.39 is 29.7 Å². The van der Waals surface area contributed by atoms with Gasteiger partial charge in [-0.05, 0) is 91.3 Å². The van der Waals surface area contributed by atoms with E-state index >= 15 is 0 Å². The Morgan fingerprint density at radius 1 is 0.845 bits per heavy atom. The lowest BCUT2D eigenvalue weighted by Gasteiger charge is -2.57. The summed E-state index contributed by atoms with van der Waals surface area (Å²) in [6.45, 7) is 8.86. The van der Waals surface area contributed by atoms with E-state index in [1.54, 1.807) is 18.3 Å². The number of imide groups is 2. The third kappa shape index (κ3) is 7.33. The number of fused-ring (bicyclic) bond motifs is 1. The van der Waals surface area contributed by atoms with E-state index in [1.165, 1.54) is 11.1 Å². The van der Waals surface area contributed by atoms with Crippen molar-refractivity contribution in [2.45, 2.75) is 89.2 Å². The molecule has 1 saturated carbocycles. The molecule has 4 fully saturated rings. The zero-order valence-electron chi connectivity index (χ0n) is 32.9. The summed E-state index contributed by atoms with van der Waals surface area (Å²) < 4.78 is 12.5. The maximum atomic E-state index is 13.3. The number of aliphatic hydroxyl groups excluding tert-OH is 1. The molecule has 9 rings (SSSR count). The number of amides is 4. The SMILES string of the molecule is CC(C)(c1ccc(OCc2ccnc(N3CC4(CC(O)C4)C3)n2)cc1)c1ccc(OC2CCN(Cc3ccc4c(c3)C(=O)N(C3CCC(=O)NC3=O)C4=O)CC2)cc1. The van der Waals surface area contributed by atoms with Crippen molar-refractivity contribution in [1.29, 1.82) is 0 Å². The molecule has 13 heteroatoms. The molecule has 4 aromatic rings. The first-order valence-corrected chi connectivity index (χ1v) is 20.3. The Bertz CT molecular complexity index is 2240. The molecule has 58 heavy (non-hydrogen) atoms. The highest BCUT2D eigenvalue weighted by atomic mass is 16.5. The van der Waals surface area contributed by atoms with Gasteiger partial charge in [-0.3, -0.25) is 34.3 Å². The molecule has 1 unspecified atom stereocenters. The number of benzene rings is 3. The minimum absolute atomic E-state index is 0.0862. The van der Waals surface area contributed by atoms with Crippen LogP contribution in [0.3, 0.4) is 0 Å². The number of hydrogen-bond donors (Lipinski definition) is 2.